The molecule has 6 heteroatoms. The zero-order valence-corrected chi connectivity index (χ0v) is 17.2. The molecule has 0 atom stereocenters. The van der Waals surface area contributed by atoms with Crippen molar-refractivity contribution in [2.75, 3.05) is 26.2 Å². The van der Waals surface area contributed by atoms with Crippen LogP contribution in [0.25, 0.3) is 10.9 Å². The Kier molecular flexibility index (Phi) is 5.64. The van der Waals surface area contributed by atoms with Crippen LogP contribution in [0.1, 0.15) is 32.1 Å². The van der Waals surface area contributed by atoms with E-state index in [-0.39, 0.29) is 5.43 Å². The fourth-order valence-corrected chi connectivity index (χ4v) is 4.93. The summed E-state index contributed by atoms with van der Waals surface area (Å²) in [7, 11) is 0. The van der Waals surface area contributed by atoms with E-state index in [4.69, 9.17) is 0 Å². The normalized spacial score (nSPS) is 19.1. The van der Waals surface area contributed by atoms with Gasteiger partial charge < -0.3 is 9.47 Å². The molecule has 2 aliphatic rings. The molecule has 4 rings (SSSR count). The molecule has 0 unspecified atom stereocenters. The van der Waals surface area contributed by atoms with E-state index >= 15 is 0 Å². The first-order valence-electron chi connectivity index (χ1n) is 9.89. The molecule has 5 nitrogen and oxygen atoms in total. The van der Waals surface area contributed by atoms with Crippen molar-refractivity contribution in [2.45, 2.75) is 38.8 Å². The summed E-state index contributed by atoms with van der Waals surface area (Å²) in [5, 5.41) is 0.748. The van der Waals surface area contributed by atoms with E-state index in [2.05, 4.69) is 25.4 Å². The van der Waals surface area contributed by atoms with Gasteiger partial charge in [-0.25, -0.2) is 0 Å². The third-order valence-electron chi connectivity index (χ3n) is 5.93. The van der Waals surface area contributed by atoms with Gasteiger partial charge in [-0.1, -0.05) is 6.07 Å². The average molecular weight is 432 g/mol. The molecule has 2 fully saturated rings. The number of para-hydroxylation sites is 1. The zero-order chi connectivity index (χ0) is 18.8. The highest BCUT2D eigenvalue weighted by Gasteiger charge is 2.25. The van der Waals surface area contributed by atoms with Crippen LogP contribution in [-0.4, -0.2) is 46.5 Å². The maximum Gasteiger partial charge on any atom is 0.222 e. The number of hydrogen-bond donors (Lipinski definition) is 0. The number of aromatic nitrogens is 1. The quantitative estimate of drug-likeness (QED) is 0.744. The number of nitrogens with zero attached hydrogens (tertiary/aromatic N) is 3. The van der Waals surface area contributed by atoms with Gasteiger partial charge in [-0.3, -0.25) is 14.5 Å². The lowest BCUT2D eigenvalue weighted by Crippen LogP contribution is -2.37. The maximum absolute atomic E-state index is 12.4. The van der Waals surface area contributed by atoms with Crippen LogP contribution in [0, 0.1) is 5.92 Å². The molecule has 2 aromatic rings. The van der Waals surface area contributed by atoms with E-state index < -0.39 is 0 Å². The van der Waals surface area contributed by atoms with Crippen LogP contribution in [0.2, 0.25) is 0 Å². The molecule has 2 aliphatic heterocycles. The molecule has 1 amide bonds. The van der Waals surface area contributed by atoms with Gasteiger partial charge >= 0.3 is 0 Å². The Balaban J connectivity index is 1.38. The molecular weight excluding hydrogens is 406 g/mol. The summed E-state index contributed by atoms with van der Waals surface area (Å²) in [6, 6.07) is 7.42. The van der Waals surface area contributed by atoms with Crippen molar-refractivity contribution >= 4 is 32.7 Å². The van der Waals surface area contributed by atoms with Crippen LogP contribution in [0.4, 0.5) is 0 Å². The smallest absolute Gasteiger partial charge is 0.222 e. The number of piperidine rings is 1. The molecule has 0 bridgehead atoms. The Hall–Kier alpha value is -1.66. The van der Waals surface area contributed by atoms with Crippen LogP contribution < -0.4 is 5.43 Å². The van der Waals surface area contributed by atoms with Crippen LogP contribution in [0.3, 0.4) is 0 Å². The number of fused-ring (bicyclic) bond motifs is 1. The van der Waals surface area contributed by atoms with Gasteiger partial charge in [0.15, 0.2) is 5.43 Å². The van der Waals surface area contributed by atoms with E-state index in [0.29, 0.717) is 18.2 Å². The van der Waals surface area contributed by atoms with Crippen LogP contribution in [-0.2, 0) is 11.5 Å². The molecule has 1 aromatic heterocycles. The van der Waals surface area contributed by atoms with E-state index in [1.54, 1.807) is 6.07 Å². The first kappa shape index (κ1) is 18.7. The predicted octanol–water partition coefficient (Wildman–Crippen LogP) is 3.45. The molecule has 144 valence electrons. The van der Waals surface area contributed by atoms with Crippen molar-refractivity contribution in [2.24, 2.45) is 5.92 Å². The van der Waals surface area contributed by atoms with Gasteiger partial charge in [-0.05, 0) is 59.7 Å². The number of carbonyl (C=O) groups is 1. The highest BCUT2D eigenvalue weighted by atomic mass is 79.9. The highest BCUT2D eigenvalue weighted by molar-refractivity contribution is 9.10. The number of carbonyl (C=O) groups excluding carboxylic acids is 1. The number of benzene rings is 1. The molecule has 1 aromatic carbocycles. The number of likely N-dealkylation sites (tertiary alicyclic amines) is 2. The predicted molar refractivity (Wildman–Crippen MR) is 111 cm³/mol. The van der Waals surface area contributed by atoms with Crippen molar-refractivity contribution in [1.82, 2.24) is 14.4 Å². The first-order valence-corrected chi connectivity index (χ1v) is 10.7. The summed E-state index contributed by atoms with van der Waals surface area (Å²) >= 11 is 3.60. The maximum atomic E-state index is 12.4. The molecule has 0 N–H and O–H groups in total. The first-order chi connectivity index (χ1) is 13.1. The molecule has 0 saturated carbocycles. The molecule has 3 heterocycles. The van der Waals surface area contributed by atoms with E-state index in [9.17, 15) is 9.59 Å². The SMILES string of the molecule is O=C(CC1CCN(Cn2ccc(=O)c3cccc(Br)c32)CC1)N1CCCC1. The van der Waals surface area contributed by atoms with Gasteiger partial charge in [0.05, 0.1) is 12.2 Å². The van der Waals surface area contributed by atoms with Crippen LogP contribution in [0.5, 0.6) is 0 Å². The third-order valence-corrected chi connectivity index (χ3v) is 6.57. The van der Waals surface area contributed by atoms with Gasteiger partial charge in [0.25, 0.3) is 0 Å². The summed E-state index contributed by atoms with van der Waals surface area (Å²) in [6.07, 6.45) is 7.05. The topological polar surface area (TPSA) is 45.6 Å². The van der Waals surface area contributed by atoms with Gasteiger partial charge in [0, 0.05) is 54.7 Å². The van der Waals surface area contributed by atoms with Crippen molar-refractivity contribution in [3.8, 4) is 0 Å². The summed E-state index contributed by atoms with van der Waals surface area (Å²) in [4.78, 5) is 29.0. The lowest BCUT2D eigenvalue weighted by atomic mass is 9.93. The third kappa shape index (κ3) is 4.11. The second-order valence-electron chi connectivity index (χ2n) is 7.78. The number of pyridine rings is 1. The van der Waals surface area contributed by atoms with E-state index in [1.165, 1.54) is 0 Å². The number of rotatable bonds is 4. The lowest BCUT2D eigenvalue weighted by Gasteiger charge is -2.33. The minimum atomic E-state index is 0.0571. The van der Waals surface area contributed by atoms with Crippen molar-refractivity contribution < 1.29 is 4.79 Å². The Bertz CT molecular complexity index is 881. The van der Waals surface area contributed by atoms with E-state index in [0.717, 1.165) is 73.9 Å². The average Bonchev–Trinajstić information content (AvgIpc) is 3.21. The van der Waals surface area contributed by atoms with Crippen molar-refractivity contribution in [1.29, 1.82) is 0 Å². The monoisotopic (exact) mass is 431 g/mol. The van der Waals surface area contributed by atoms with Crippen LogP contribution in [0.15, 0.2) is 39.7 Å². The number of amides is 1. The summed E-state index contributed by atoms with van der Waals surface area (Å²) in [5.74, 6) is 0.855. The van der Waals surface area contributed by atoms with Crippen LogP contribution >= 0.6 is 15.9 Å². The number of halogens is 1. The standard InChI is InChI=1S/C21H26BrN3O2/c22-18-5-3-4-17-19(26)8-13-25(21(17)18)15-23-11-6-16(7-12-23)14-20(27)24-9-1-2-10-24/h3-5,8,13,16H,1-2,6-7,9-12,14-15H2. The molecular formula is C21H26BrN3O2. The van der Waals surface area contributed by atoms with E-state index in [1.807, 2.05) is 29.3 Å². The Morgan fingerprint density at radius 3 is 2.56 bits per heavy atom. The minimum Gasteiger partial charge on any atom is -0.343 e. The fourth-order valence-electron chi connectivity index (χ4n) is 4.34. The highest BCUT2D eigenvalue weighted by Crippen LogP contribution is 2.25. The second kappa shape index (κ2) is 8.15. The fraction of sp³-hybridized carbons (Fsp3) is 0.524. The van der Waals surface area contributed by atoms with Gasteiger partial charge in [-0.2, -0.15) is 0 Å². The zero-order valence-electron chi connectivity index (χ0n) is 15.6. The van der Waals surface area contributed by atoms with Gasteiger partial charge in [0.1, 0.15) is 0 Å². The van der Waals surface area contributed by atoms with Crippen molar-refractivity contribution in [3.63, 3.8) is 0 Å². The Morgan fingerprint density at radius 1 is 1.07 bits per heavy atom. The molecule has 0 spiro atoms. The second-order valence-corrected chi connectivity index (χ2v) is 8.63. The molecule has 2 saturated heterocycles. The minimum absolute atomic E-state index is 0.0571. The van der Waals surface area contributed by atoms with Crippen molar-refractivity contribution in [3.05, 3.63) is 45.2 Å². The lowest BCUT2D eigenvalue weighted by molar-refractivity contribution is -0.131. The summed E-state index contributed by atoms with van der Waals surface area (Å²) in [6.45, 7) is 4.66. The Morgan fingerprint density at radius 2 is 1.81 bits per heavy atom. The molecule has 27 heavy (non-hydrogen) atoms. The Labute approximate surface area is 168 Å². The molecule has 0 aliphatic carbocycles. The summed E-state index contributed by atoms with van der Waals surface area (Å²) < 4.78 is 3.10. The van der Waals surface area contributed by atoms with Gasteiger partial charge in [-0.15, -0.1) is 0 Å². The molecule has 0 radical (unpaired) electrons. The van der Waals surface area contributed by atoms with Gasteiger partial charge in [0.2, 0.25) is 5.91 Å². The number of hydrogen-bond acceptors (Lipinski definition) is 3. The summed E-state index contributed by atoms with van der Waals surface area (Å²) in [5.41, 5.74) is 1.01. The largest absolute Gasteiger partial charge is 0.343 e.